The number of carbonyl (C=O) groups is 1. The van der Waals surface area contributed by atoms with Gasteiger partial charge >= 0.3 is 6.18 Å². The van der Waals surface area contributed by atoms with Crippen LogP contribution in [0.4, 0.5) is 24.5 Å². The minimum Gasteiger partial charge on any atom is -0.457 e. The highest BCUT2D eigenvalue weighted by molar-refractivity contribution is 6.31. The van der Waals surface area contributed by atoms with E-state index in [1.165, 1.54) is 13.1 Å². The molecule has 0 aliphatic carbocycles. The summed E-state index contributed by atoms with van der Waals surface area (Å²) in [7, 11) is 1.18. The van der Waals surface area contributed by atoms with Crippen LogP contribution in [0.5, 0.6) is 11.5 Å². The molecule has 1 heterocycles. The number of alkyl halides is 3. The monoisotopic (exact) mass is 454 g/mol. The number of amides is 1. The highest BCUT2D eigenvalue weighted by Gasteiger charge is 2.35. The summed E-state index contributed by atoms with van der Waals surface area (Å²) < 4.78 is 44.8. The molecule has 12 heteroatoms. The molecule has 0 aliphatic rings. The van der Waals surface area contributed by atoms with E-state index in [0.29, 0.717) is 16.8 Å². The first-order valence-corrected chi connectivity index (χ1v) is 8.98. The second kappa shape index (κ2) is 8.26. The summed E-state index contributed by atoms with van der Waals surface area (Å²) in [6, 6.07) is 8.85. The van der Waals surface area contributed by atoms with Crippen LogP contribution in [0.25, 0.3) is 0 Å². The number of nitrogens with one attached hydrogen (secondary N) is 1. The van der Waals surface area contributed by atoms with Crippen LogP contribution in [-0.2, 0) is 13.2 Å². The summed E-state index contributed by atoms with van der Waals surface area (Å²) in [5, 5.41) is 17.4. The maximum atomic E-state index is 12.8. The van der Waals surface area contributed by atoms with Crippen LogP contribution >= 0.6 is 11.6 Å². The van der Waals surface area contributed by atoms with Crippen molar-refractivity contribution in [2.75, 3.05) is 5.32 Å². The molecule has 8 nitrogen and oxygen atoms in total. The molecule has 31 heavy (non-hydrogen) atoms. The van der Waals surface area contributed by atoms with Gasteiger partial charge in [0.1, 0.15) is 17.2 Å². The molecule has 162 valence electrons. The molecule has 3 rings (SSSR count). The normalized spacial score (nSPS) is 11.3. The number of carbonyl (C=O) groups excluding carboxylic acids is 1. The van der Waals surface area contributed by atoms with E-state index >= 15 is 0 Å². The predicted molar refractivity (Wildman–Crippen MR) is 106 cm³/mol. The van der Waals surface area contributed by atoms with Crippen LogP contribution in [0.3, 0.4) is 0 Å². The van der Waals surface area contributed by atoms with Crippen LogP contribution in [0.15, 0.2) is 42.5 Å². The summed E-state index contributed by atoms with van der Waals surface area (Å²) >= 11 is 5.96. The lowest BCUT2D eigenvalue weighted by Crippen LogP contribution is -2.16. The van der Waals surface area contributed by atoms with Gasteiger partial charge in [0, 0.05) is 30.3 Å². The van der Waals surface area contributed by atoms with Crippen molar-refractivity contribution in [3.8, 4) is 11.5 Å². The molecule has 1 aromatic heterocycles. The number of rotatable bonds is 5. The number of anilines is 1. The summed E-state index contributed by atoms with van der Waals surface area (Å²) in [6.07, 6.45) is -4.72. The number of non-ortho nitro benzene ring substituents is 1. The average molecular weight is 455 g/mol. The number of aromatic nitrogens is 2. The number of aryl methyl sites for hydroxylation is 2. The van der Waals surface area contributed by atoms with Crippen molar-refractivity contribution in [2.24, 2.45) is 7.05 Å². The maximum absolute atomic E-state index is 12.8. The van der Waals surface area contributed by atoms with E-state index in [1.54, 1.807) is 25.1 Å². The first-order chi connectivity index (χ1) is 14.4. The average Bonchev–Trinajstić information content (AvgIpc) is 3.07. The molecule has 0 spiro atoms. The van der Waals surface area contributed by atoms with Crippen molar-refractivity contribution >= 4 is 28.9 Å². The van der Waals surface area contributed by atoms with E-state index < -0.39 is 22.7 Å². The van der Waals surface area contributed by atoms with Crippen LogP contribution in [-0.4, -0.2) is 20.6 Å². The lowest BCUT2D eigenvalue weighted by atomic mass is 10.2. The predicted octanol–water partition coefficient (Wildman–Crippen LogP) is 5.35. The van der Waals surface area contributed by atoms with Crippen LogP contribution in [0.2, 0.25) is 5.02 Å². The molecule has 0 fully saturated rings. The van der Waals surface area contributed by atoms with Gasteiger partial charge in [0.25, 0.3) is 11.6 Å². The third-order valence-corrected chi connectivity index (χ3v) is 4.55. The molecule has 1 amide bonds. The van der Waals surface area contributed by atoms with Gasteiger partial charge < -0.3 is 10.1 Å². The van der Waals surface area contributed by atoms with Gasteiger partial charge in [0.15, 0.2) is 5.69 Å². The number of hydrogen-bond acceptors (Lipinski definition) is 5. The smallest absolute Gasteiger partial charge is 0.435 e. The topological polar surface area (TPSA) is 99.3 Å². The number of nitro benzene ring substituents is 1. The highest BCUT2D eigenvalue weighted by atomic mass is 35.5. The van der Waals surface area contributed by atoms with Gasteiger partial charge in [-0.05, 0) is 30.7 Å². The molecule has 2 aromatic carbocycles. The Morgan fingerprint density at radius 3 is 2.48 bits per heavy atom. The molecule has 0 aliphatic heterocycles. The molecule has 0 bridgehead atoms. The van der Waals surface area contributed by atoms with E-state index in [0.717, 1.165) is 22.4 Å². The van der Waals surface area contributed by atoms with Gasteiger partial charge in [0.2, 0.25) is 0 Å². The summed E-state index contributed by atoms with van der Waals surface area (Å²) in [4.78, 5) is 23.0. The maximum Gasteiger partial charge on any atom is 0.435 e. The fraction of sp³-hybridized carbons (Fsp3) is 0.158. The van der Waals surface area contributed by atoms with Crippen molar-refractivity contribution in [3.05, 3.63) is 74.6 Å². The van der Waals surface area contributed by atoms with E-state index in [2.05, 4.69) is 10.4 Å². The lowest BCUT2D eigenvalue weighted by molar-refractivity contribution is -0.384. The number of benzene rings is 2. The minimum absolute atomic E-state index is 0.0345. The number of ether oxygens (including phenoxy) is 1. The highest BCUT2D eigenvalue weighted by Crippen LogP contribution is 2.32. The zero-order valence-corrected chi connectivity index (χ0v) is 16.8. The standard InChI is InChI=1S/C19H14ClF3N4O4/c1-10-5-13(3-4-15(10)20)31-14-7-11(6-12(8-14)27(29)30)24-18(28)16-9-17(19(21,22)23)25-26(16)2/h3-9H,1-2H3,(H,24,28). The van der Waals surface area contributed by atoms with Gasteiger partial charge in [-0.3, -0.25) is 19.6 Å². The van der Waals surface area contributed by atoms with Crippen molar-refractivity contribution in [2.45, 2.75) is 13.1 Å². The Morgan fingerprint density at radius 1 is 1.19 bits per heavy atom. The van der Waals surface area contributed by atoms with Gasteiger partial charge in [-0.2, -0.15) is 18.3 Å². The van der Waals surface area contributed by atoms with Gasteiger partial charge in [-0.25, -0.2) is 0 Å². The Hall–Kier alpha value is -3.60. The molecule has 3 aromatic rings. The fourth-order valence-electron chi connectivity index (χ4n) is 2.65. The van der Waals surface area contributed by atoms with Gasteiger partial charge in [0.05, 0.1) is 16.7 Å². The number of nitrogens with zero attached hydrogens (tertiary/aromatic N) is 3. The Morgan fingerprint density at radius 2 is 1.90 bits per heavy atom. The van der Waals surface area contributed by atoms with E-state index in [4.69, 9.17) is 16.3 Å². The molecular weight excluding hydrogens is 441 g/mol. The zero-order valence-electron chi connectivity index (χ0n) is 16.0. The molecule has 0 saturated heterocycles. The summed E-state index contributed by atoms with van der Waals surface area (Å²) in [6.45, 7) is 1.75. The molecule has 0 unspecified atom stereocenters. The Kier molecular flexibility index (Phi) is 5.89. The number of halogens is 4. The quantitative estimate of drug-likeness (QED) is 0.413. The third-order valence-electron chi connectivity index (χ3n) is 4.13. The number of nitro groups is 1. The van der Waals surface area contributed by atoms with Crippen molar-refractivity contribution < 1.29 is 27.6 Å². The fourth-order valence-corrected chi connectivity index (χ4v) is 2.77. The summed E-state index contributed by atoms with van der Waals surface area (Å²) in [5.41, 5.74) is -1.33. The van der Waals surface area contributed by atoms with Crippen LogP contribution in [0.1, 0.15) is 21.7 Å². The second-order valence-electron chi connectivity index (χ2n) is 6.48. The minimum atomic E-state index is -4.72. The van der Waals surface area contributed by atoms with Crippen molar-refractivity contribution in [1.82, 2.24) is 9.78 Å². The van der Waals surface area contributed by atoms with Crippen LogP contribution < -0.4 is 10.1 Å². The van der Waals surface area contributed by atoms with E-state index in [9.17, 15) is 28.1 Å². The molecule has 0 atom stereocenters. The lowest BCUT2D eigenvalue weighted by Gasteiger charge is -2.10. The second-order valence-corrected chi connectivity index (χ2v) is 6.88. The Balaban J connectivity index is 1.90. The van der Waals surface area contributed by atoms with Gasteiger partial charge in [-0.15, -0.1) is 0 Å². The molecule has 0 saturated carbocycles. The largest absolute Gasteiger partial charge is 0.457 e. The van der Waals surface area contributed by atoms with Crippen LogP contribution in [0, 0.1) is 17.0 Å². The van der Waals surface area contributed by atoms with E-state index in [1.807, 2.05) is 0 Å². The Bertz CT molecular complexity index is 1180. The van der Waals surface area contributed by atoms with Crippen molar-refractivity contribution in [3.63, 3.8) is 0 Å². The zero-order chi connectivity index (χ0) is 22.9. The third kappa shape index (κ3) is 5.12. The SMILES string of the molecule is Cc1cc(Oc2cc(NC(=O)c3cc(C(F)(F)F)nn3C)cc([N+](=O)[O-])c2)ccc1Cl. The first kappa shape index (κ1) is 22.1. The van der Waals surface area contributed by atoms with E-state index in [-0.39, 0.29) is 22.8 Å². The first-order valence-electron chi connectivity index (χ1n) is 8.60. The van der Waals surface area contributed by atoms with Gasteiger partial charge in [-0.1, -0.05) is 11.6 Å². The summed E-state index contributed by atoms with van der Waals surface area (Å²) in [5.74, 6) is -0.548. The number of hydrogen-bond donors (Lipinski definition) is 1. The van der Waals surface area contributed by atoms with Crippen molar-refractivity contribution in [1.29, 1.82) is 0 Å². The Labute approximate surface area is 178 Å². The molecule has 1 N–H and O–H groups in total. The molecule has 0 radical (unpaired) electrons. The molecular formula is C19H14ClF3N4O4.